The summed E-state index contributed by atoms with van der Waals surface area (Å²) in [4.78, 5) is 11.4. The Morgan fingerprint density at radius 3 is 2.05 bits per heavy atom. The molecule has 5 nitrogen and oxygen atoms in total. The van der Waals surface area contributed by atoms with Gasteiger partial charge in [-0.05, 0) is 11.1 Å². The molecule has 1 saturated heterocycles. The molecule has 0 bridgehead atoms. The van der Waals surface area contributed by atoms with Gasteiger partial charge in [0.25, 0.3) is 0 Å². The fourth-order valence-electron chi connectivity index (χ4n) is 2.46. The maximum Gasteiger partial charge on any atom is 0.330 e. The van der Waals surface area contributed by atoms with Gasteiger partial charge in [0.15, 0.2) is 0 Å². The average Bonchev–Trinajstić information content (AvgIpc) is 2.54. The number of hydrazine groups is 1. The maximum atomic E-state index is 11.4. The maximum absolute atomic E-state index is 11.4. The molecule has 5 heteroatoms. The number of benzene rings is 2. The van der Waals surface area contributed by atoms with Crippen LogP contribution < -0.4 is 21.5 Å². The highest BCUT2D eigenvalue weighted by Gasteiger charge is 2.22. The molecule has 0 saturated carbocycles. The van der Waals surface area contributed by atoms with Crippen LogP contribution in [-0.4, -0.2) is 18.7 Å². The Bertz CT molecular complexity index is 548. The summed E-state index contributed by atoms with van der Waals surface area (Å²) in [6.07, 6.45) is -0.135. The van der Waals surface area contributed by atoms with Crippen LogP contribution in [0.5, 0.6) is 0 Å². The molecule has 1 aliphatic heterocycles. The van der Waals surface area contributed by atoms with E-state index in [1.54, 1.807) is 0 Å². The van der Waals surface area contributed by atoms with Crippen molar-refractivity contribution in [3.05, 3.63) is 71.8 Å². The van der Waals surface area contributed by atoms with E-state index in [2.05, 4.69) is 45.8 Å². The van der Waals surface area contributed by atoms with Crippen molar-refractivity contribution in [1.29, 1.82) is 0 Å². The Labute approximate surface area is 123 Å². The zero-order valence-corrected chi connectivity index (χ0v) is 11.5. The zero-order valence-electron chi connectivity index (χ0n) is 11.5. The number of carbonyl (C=O) groups is 1. The SMILES string of the molecule is O=C1NNCC(NC(c2ccccc2)c2ccccc2)N1. The van der Waals surface area contributed by atoms with E-state index in [1.165, 1.54) is 0 Å². The van der Waals surface area contributed by atoms with Crippen molar-refractivity contribution in [3.8, 4) is 0 Å². The summed E-state index contributed by atoms with van der Waals surface area (Å²) < 4.78 is 0. The summed E-state index contributed by atoms with van der Waals surface area (Å²) in [5, 5.41) is 6.35. The van der Waals surface area contributed by atoms with Crippen LogP contribution in [0, 0.1) is 0 Å². The number of rotatable bonds is 4. The smallest absolute Gasteiger partial charge is 0.320 e. The number of hydrogen-bond acceptors (Lipinski definition) is 3. The van der Waals surface area contributed by atoms with Gasteiger partial charge in [-0.1, -0.05) is 60.7 Å². The number of carbonyl (C=O) groups excluding carboxylic acids is 1. The lowest BCUT2D eigenvalue weighted by Gasteiger charge is -2.30. The first-order valence-corrected chi connectivity index (χ1v) is 6.98. The largest absolute Gasteiger partial charge is 0.330 e. The van der Waals surface area contributed by atoms with Gasteiger partial charge in [0.2, 0.25) is 0 Å². The third-order valence-corrected chi connectivity index (χ3v) is 3.45. The van der Waals surface area contributed by atoms with Gasteiger partial charge in [-0.2, -0.15) is 0 Å². The van der Waals surface area contributed by atoms with Crippen molar-refractivity contribution in [2.45, 2.75) is 12.2 Å². The Morgan fingerprint density at radius 1 is 0.952 bits per heavy atom. The van der Waals surface area contributed by atoms with Gasteiger partial charge in [-0.15, -0.1) is 0 Å². The highest BCUT2D eigenvalue weighted by atomic mass is 16.2. The van der Waals surface area contributed by atoms with Crippen LogP contribution in [0.4, 0.5) is 4.79 Å². The quantitative estimate of drug-likeness (QED) is 0.687. The van der Waals surface area contributed by atoms with Gasteiger partial charge in [-0.25, -0.2) is 10.2 Å². The van der Waals surface area contributed by atoms with Gasteiger partial charge in [0.05, 0.1) is 12.2 Å². The molecule has 0 spiro atoms. The molecular weight excluding hydrogens is 264 g/mol. The molecule has 1 aliphatic rings. The fraction of sp³-hybridized carbons (Fsp3) is 0.188. The zero-order chi connectivity index (χ0) is 14.5. The van der Waals surface area contributed by atoms with Gasteiger partial charge >= 0.3 is 6.03 Å². The lowest BCUT2D eigenvalue weighted by Crippen LogP contribution is -2.63. The topological polar surface area (TPSA) is 65.2 Å². The lowest BCUT2D eigenvalue weighted by molar-refractivity contribution is 0.214. The van der Waals surface area contributed by atoms with Gasteiger partial charge in [0.1, 0.15) is 0 Å². The predicted molar refractivity (Wildman–Crippen MR) is 81.3 cm³/mol. The molecule has 2 aromatic rings. The summed E-state index contributed by atoms with van der Waals surface area (Å²) in [6.45, 7) is 0.613. The second-order valence-electron chi connectivity index (χ2n) is 4.95. The van der Waals surface area contributed by atoms with Gasteiger partial charge < -0.3 is 5.32 Å². The molecule has 0 aromatic heterocycles. The molecule has 1 fully saturated rings. The number of amides is 2. The fourth-order valence-corrected chi connectivity index (χ4v) is 2.46. The molecule has 0 radical (unpaired) electrons. The molecule has 1 heterocycles. The Kier molecular flexibility index (Phi) is 4.14. The van der Waals surface area contributed by atoms with E-state index in [0.29, 0.717) is 6.54 Å². The van der Waals surface area contributed by atoms with E-state index < -0.39 is 0 Å². The first-order chi connectivity index (χ1) is 10.3. The predicted octanol–water partition coefficient (Wildman–Crippen LogP) is 1.51. The van der Waals surface area contributed by atoms with E-state index in [4.69, 9.17) is 0 Å². The van der Waals surface area contributed by atoms with Crippen LogP contribution in [0.25, 0.3) is 0 Å². The first-order valence-electron chi connectivity index (χ1n) is 6.98. The third-order valence-electron chi connectivity index (χ3n) is 3.45. The van der Waals surface area contributed by atoms with Crippen molar-refractivity contribution in [1.82, 2.24) is 21.5 Å². The van der Waals surface area contributed by atoms with E-state index >= 15 is 0 Å². The van der Waals surface area contributed by atoms with E-state index in [1.807, 2.05) is 36.4 Å². The second-order valence-corrected chi connectivity index (χ2v) is 4.95. The van der Waals surface area contributed by atoms with Gasteiger partial charge in [0, 0.05) is 6.54 Å². The standard InChI is InChI=1S/C16H18N4O/c21-16-19-14(11-17-20-16)18-15(12-7-3-1-4-8-12)13-9-5-2-6-10-13/h1-10,14-15,17-18H,11H2,(H2,19,20,21). The summed E-state index contributed by atoms with van der Waals surface area (Å²) >= 11 is 0. The summed E-state index contributed by atoms with van der Waals surface area (Å²) in [6, 6.07) is 20.2. The Balaban J connectivity index is 1.84. The molecule has 21 heavy (non-hydrogen) atoms. The highest BCUT2D eigenvalue weighted by molar-refractivity contribution is 5.74. The van der Waals surface area contributed by atoms with Crippen molar-refractivity contribution >= 4 is 6.03 Å². The van der Waals surface area contributed by atoms with E-state index in [0.717, 1.165) is 11.1 Å². The third kappa shape index (κ3) is 3.39. The normalized spacial score (nSPS) is 18.1. The number of hydrogen-bond donors (Lipinski definition) is 4. The number of urea groups is 1. The molecule has 1 atom stereocenters. The van der Waals surface area contributed by atoms with Crippen molar-refractivity contribution in [3.63, 3.8) is 0 Å². The van der Waals surface area contributed by atoms with Gasteiger partial charge in [-0.3, -0.25) is 10.7 Å². The lowest BCUT2D eigenvalue weighted by atomic mass is 9.98. The van der Waals surface area contributed by atoms with E-state index in [-0.39, 0.29) is 18.2 Å². The average molecular weight is 282 g/mol. The minimum atomic E-state index is -0.223. The van der Waals surface area contributed by atoms with Crippen LogP contribution in [0.1, 0.15) is 17.2 Å². The highest BCUT2D eigenvalue weighted by Crippen LogP contribution is 2.22. The minimum absolute atomic E-state index is 0.0256. The summed E-state index contributed by atoms with van der Waals surface area (Å²) in [5.41, 5.74) is 7.72. The molecule has 0 aliphatic carbocycles. The molecule has 1 unspecified atom stereocenters. The van der Waals surface area contributed by atoms with Crippen LogP contribution in [0.2, 0.25) is 0 Å². The number of nitrogens with one attached hydrogen (secondary N) is 4. The first kappa shape index (κ1) is 13.6. The molecule has 108 valence electrons. The van der Waals surface area contributed by atoms with Crippen LogP contribution in [0.15, 0.2) is 60.7 Å². The molecule has 3 rings (SSSR count). The van der Waals surface area contributed by atoms with Crippen LogP contribution >= 0.6 is 0 Å². The van der Waals surface area contributed by atoms with Crippen molar-refractivity contribution in [2.75, 3.05) is 6.54 Å². The Hall–Kier alpha value is -2.37. The van der Waals surface area contributed by atoms with Crippen molar-refractivity contribution in [2.24, 2.45) is 0 Å². The van der Waals surface area contributed by atoms with Crippen molar-refractivity contribution < 1.29 is 4.79 Å². The monoisotopic (exact) mass is 282 g/mol. The van der Waals surface area contributed by atoms with E-state index in [9.17, 15) is 4.79 Å². The molecule has 2 aromatic carbocycles. The van der Waals surface area contributed by atoms with Crippen LogP contribution in [0.3, 0.4) is 0 Å². The molecular formula is C16H18N4O. The minimum Gasteiger partial charge on any atom is -0.320 e. The summed E-state index contributed by atoms with van der Waals surface area (Å²) in [5.74, 6) is 0. The Morgan fingerprint density at radius 2 is 1.52 bits per heavy atom. The van der Waals surface area contributed by atoms with Crippen LogP contribution in [-0.2, 0) is 0 Å². The summed E-state index contributed by atoms with van der Waals surface area (Å²) in [7, 11) is 0. The molecule has 2 amide bonds. The second kappa shape index (κ2) is 6.39. The molecule has 4 N–H and O–H groups in total.